The van der Waals surface area contributed by atoms with Crippen molar-refractivity contribution in [1.82, 2.24) is 14.3 Å². The van der Waals surface area contributed by atoms with E-state index in [9.17, 15) is 14.0 Å². The Hall–Kier alpha value is -3.33. The Morgan fingerprint density at radius 2 is 2.07 bits per heavy atom. The van der Waals surface area contributed by atoms with E-state index in [-0.39, 0.29) is 17.7 Å². The van der Waals surface area contributed by atoms with E-state index in [0.717, 1.165) is 5.56 Å². The molecule has 9 heteroatoms. The molecule has 3 heterocycles. The number of halogens is 1. The maximum Gasteiger partial charge on any atom is 0.338 e. The molecule has 1 aromatic carbocycles. The molecule has 154 valence electrons. The summed E-state index contributed by atoms with van der Waals surface area (Å²) in [5.74, 6) is -0.948. The van der Waals surface area contributed by atoms with Crippen LogP contribution < -0.4 is 14.9 Å². The number of hydrogen-bond donors (Lipinski definition) is 0. The van der Waals surface area contributed by atoms with Crippen molar-refractivity contribution in [3.05, 3.63) is 84.6 Å². The average Bonchev–Trinajstić information content (AvgIpc) is 3.24. The summed E-state index contributed by atoms with van der Waals surface area (Å²) >= 11 is 1.23. The molecule has 0 saturated heterocycles. The minimum atomic E-state index is -0.753. The van der Waals surface area contributed by atoms with Gasteiger partial charge in [0.05, 0.1) is 34.6 Å². The van der Waals surface area contributed by atoms with Gasteiger partial charge in [-0.3, -0.25) is 14.0 Å². The second-order valence-electron chi connectivity index (χ2n) is 6.80. The Balaban J connectivity index is 1.96. The number of carbonyl (C=O) groups excluding carboxylic acids is 1. The fourth-order valence-electron chi connectivity index (χ4n) is 3.42. The van der Waals surface area contributed by atoms with Crippen molar-refractivity contribution in [2.75, 3.05) is 6.61 Å². The third-order valence-corrected chi connectivity index (χ3v) is 5.71. The standard InChI is InChI=1S/C21H19FN4O3S/c1-4-29-20(28)17-12(2)24-21-26(18(17)14-5-7-15(22)8-6-14)19(27)16(30-21)9-13-10-23-25(3)11-13/h5-11,18H,4H2,1-3H3/b16-9-/t18-/m1/s1. The maximum atomic E-state index is 13.5. The third-order valence-electron chi connectivity index (χ3n) is 4.73. The molecule has 0 amide bonds. The van der Waals surface area contributed by atoms with Gasteiger partial charge in [-0.15, -0.1) is 0 Å². The second kappa shape index (κ2) is 7.83. The molecular formula is C21H19FN4O3S. The summed E-state index contributed by atoms with van der Waals surface area (Å²) in [6.45, 7) is 3.61. The monoisotopic (exact) mass is 426 g/mol. The van der Waals surface area contributed by atoms with Gasteiger partial charge in [0.1, 0.15) is 5.82 Å². The van der Waals surface area contributed by atoms with E-state index < -0.39 is 17.8 Å². The van der Waals surface area contributed by atoms with Gasteiger partial charge in [0.2, 0.25) is 0 Å². The number of benzene rings is 1. The number of rotatable bonds is 4. The number of ether oxygens (including phenoxy) is 1. The van der Waals surface area contributed by atoms with Crippen molar-refractivity contribution in [2.24, 2.45) is 12.0 Å². The maximum absolute atomic E-state index is 13.5. The molecule has 0 fully saturated rings. The minimum absolute atomic E-state index is 0.192. The fraction of sp³-hybridized carbons (Fsp3) is 0.238. The van der Waals surface area contributed by atoms with Crippen LogP contribution in [0.3, 0.4) is 0 Å². The molecule has 7 nitrogen and oxygen atoms in total. The summed E-state index contributed by atoms with van der Waals surface area (Å²) in [5.41, 5.74) is 1.83. The van der Waals surface area contributed by atoms with Crippen LogP contribution in [0.15, 0.2) is 57.7 Å². The highest BCUT2D eigenvalue weighted by Crippen LogP contribution is 2.30. The summed E-state index contributed by atoms with van der Waals surface area (Å²) in [4.78, 5) is 31.0. The molecule has 3 aromatic rings. The molecule has 1 aliphatic rings. The lowest BCUT2D eigenvalue weighted by Gasteiger charge is -2.24. The topological polar surface area (TPSA) is 78.5 Å². The van der Waals surface area contributed by atoms with Crippen molar-refractivity contribution >= 4 is 23.4 Å². The van der Waals surface area contributed by atoms with Crippen molar-refractivity contribution in [1.29, 1.82) is 0 Å². The van der Waals surface area contributed by atoms with Gasteiger partial charge in [0.15, 0.2) is 4.80 Å². The first-order valence-corrected chi connectivity index (χ1v) is 10.1. The Bertz CT molecular complexity index is 1330. The molecule has 0 radical (unpaired) electrons. The summed E-state index contributed by atoms with van der Waals surface area (Å²) < 4.78 is 22.3. The molecule has 0 aliphatic carbocycles. The van der Waals surface area contributed by atoms with Gasteiger partial charge in [-0.2, -0.15) is 5.10 Å². The van der Waals surface area contributed by atoms with E-state index in [1.807, 2.05) is 0 Å². The summed E-state index contributed by atoms with van der Waals surface area (Å²) in [6, 6.07) is 4.99. The smallest absolute Gasteiger partial charge is 0.338 e. The van der Waals surface area contributed by atoms with Crippen LogP contribution in [0.5, 0.6) is 0 Å². The zero-order chi connectivity index (χ0) is 21.4. The van der Waals surface area contributed by atoms with E-state index in [0.29, 0.717) is 20.6 Å². The summed E-state index contributed by atoms with van der Waals surface area (Å²) in [7, 11) is 1.79. The van der Waals surface area contributed by atoms with Crippen molar-refractivity contribution < 1.29 is 13.9 Å². The average molecular weight is 426 g/mol. The Kier molecular flexibility index (Phi) is 5.21. The van der Waals surface area contributed by atoms with Crippen LogP contribution in [0, 0.1) is 5.82 Å². The summed E-state index contributed by atoms with van der Waals surface area (Å²) in [6.07, 6.45) is 5.19. The van der Waals surface area contributed by atoms with Gasteiger partial charge in [-0.25, -0.2) is 14.2 Å². The molecule has 30 heavy (non-hydrogen) atoms. The Morgan fingerprint density at radius 1 is 1.33 bits per heavy atom. The number of fused-ring (bicyclic) bond motifs is 1. The molecular weight excluding hydrogens is 407 g/mol. The van der Waals surface area contributed by atoms with Crippen LogP contribution in [-0.4, -0.2) is 26.9 Å². The number of allylic oxidation sites excluding steroid dienone is 1. The lowest BCUT2D eigenvalue weighted by Crippen LogP contribution is -2.39. The first kappa shape index (κ1) is 20.0. The summed E-state index contributed by atoms with van der Waals surface area (Å²) in [5, 5.41) is 4.12. The highest BCUT2D eigenvalue weighted by Gasteiger charge is 2.33. The molecule has 1 atom stereocenters. The first-order chi connectivity index (χ1) is 14.4. The zero-order valence-electron chi connectivity index (χ0n) is 16.6. The van der Waals surface area contributed by atoms with Crippen LogP contribution in [0.25, 0.3) is 6.08 Å². The number of carbonyl (C=O) groups is 1. The van der Waals surface area contributed by atoms with Gasteiger partial charge in [0.25, 0.3) is 5.56 Å². The van der Waals surface area contributed by atoms with Gasteiger partial charge < -0.3 is 4.74 Å². The van der Waals surface area contributed by atoms with Crippen molar-refractivity contribution in [3.8, 4) is 0 Å². The van der Waals surface area contributed by atoms with Gasteiger partial charge >= 0.3 is 5.97 Å². The quantitative estimate of drug-likeness (QED) is 0.595. The largest absolute Gasteiger partial charge is 0.463 e. The van der Waals surface area contributed by atoms with E-state index in [1.165, 1.54) is 28.0 Å². The van der Waals surface area contributed by atoms with Crippen LogP contribution >= 0.6 is 11.3 Å². The third kappa shape index (κ3) is 3.52. The lowest BCUT2D eigenvalue weighted by atomic mass is 9.96. The number of thiazole rings is 1. The van der Waals surface area contributed by atoms with E-state index in [1.54, 1.807) is 56.2 Å². The first-order valence-electron chi connectivity index (χ1n) is 9.33. The minimum Gasteiger partial charge on any atom is -0.463 e. The molecule has 0 N–H and O–H groups in total. The number of aryl methyl sites for hydroxylation is 1. The molecule has 0 bridgehead atoms. The van der Waals surface area contributed by atoms with Gasteiger partial charge in [-0.1, -0.05) is 23.5 Å². The predicted octanol–water partition coefficient (Wildman–Crippen LogP) is 1.67. The lowest BCUT2D eigenvalue weighted by molar-refractivity contribution is -0.139. The molecule has 0 unspecified atom stereocenters. The number of hydrogen-bond acceptors (Lipinski definition) is 6. The highest BCUT2D eigenvalue weighted by molar-refractivity contribution is 7.07. The Labute approximate surface area is 175 Å². The normalized spacial score (nSPS) is 16.4. The predicted molar refractivity (Wildman–Crippen MR) is 110 cm³/mol. The van der Waals surface area contributed by atoms with Gasteiger partial charge in [0, 0.05) is 18.8 Å². The van der Waals surface area contributed by atoms with Crippen LogP contribution in [0.4, 0.5) is 4.39 Å². The van der Waals surface area contributed by atoms with E-state index in [4.69, 9.17) is 4.74 Å². The van der Waals surface area contributed by atoms with Crippen LogP contribution in [-0.2, 0) is 16.6 Å². The highest BCUT2D eigenvalue weighted by atomic mass is 32.1. The molecule has 0 saturated carbocycles. The number of esters is 1. The zero-order valence-corrected chi connectivity index (χ0v) is 17.4. The Morgan fingerprint density at radius 3 is 2.70 bits per heavy atom. The van der Waals surface area contributed by atoms with Crippen LogP contribution in [0.1, 0.15) is 31.0 Å². The number of nitrogens with zero attached hydrogens (tertiary/aromatic N) is 4. The van der Waals surface area contributed by atoms with E-state index in [2.05, 4.69) is 10.1 Å². The molecule has 1 aliphatic heterocycles. The van der Waals surface area contributed by atoms with E-state index >= 15 is 0 Å². The SMILES string of the molecule is CCOC(=O)C1=C(C)N=c2s/c(=C\c3cnn(C)c3)c(=O)n2[C@@H]1c1ccc(F)cc1. The number of aromatic nitrogens is 3. The van der Waals surface area contributed by atoms with Crippen molar-refractivity contribution in [2.45, 2.75) is 19.9 Å². The second-order valence-corrected chi connectivity index (χ2v) is 7.81. The van der Waals surface area contributed by atoms with Crippen LogP contribution in [0.2, 0.25) is 0 Å². The molecule has 4 rings (SSSR count). The fourth-order valence-corrected chi connectivity index (χ4v) is 4.46. The molecule has 0 spiro atoms. The molecule has 2 aromatic heterocycles. The van der Waals surface area contributed by atoms with Gasteiger partial charge in [-0.05, 0) is 37.6 Å². The van der Waals surface area contributed by atoms with Crippen molar-refractivity contribution in [3.63, 3.8) is 0 Å².